The van der Waals surface area contributed by atoms with E-state index in [1.54, 1.807) is 6.20 Å². The van der Waals surface area contributed by atoms with E-state index < -0.39 is 0 Å². The van der Waals surface area contributed by atoms with Crippen LogP contribution in [0.4, 0.5) is 0 Å². The molecule has 1 aromatic carbocycles. The molecule has 3 aliphatic rings. The number of halogens is 2. The van der Waals surface area contributed by atoms with Crippen LogP contribution in [0.3, 0.4) is 0 Å². The van der Waals surface area contributed by atoms with Crippen molar-refractivity contribution in [2.24, 2.45) is 11.8 Å². The smallest absolute Gasteiger partial charge is 0.245 e. The summed E-state index contributed by atoms with van der Waals surface area (Å²) in [6.07, 6.45) is 8.15. The van der Waals surface area contributed by atoms with Gasteiger partial charge in [0.05, 0.1) is 10.4 Å². The number of aromatic nitrogens is 1. The summed E-state index contributed by atoms with van der Waals surface area (Å²) in [6.45, 7) is 5.29. The molecule has 0 bridgehead atoms. The van der Waals surface area contributed by atoms with E-state index in [2.05, 4.69) is 61.9 Å². The van der Waals surface area contributed by atoms with Crippen LogP contribution in [0.2, 0.25) is 0 Å². The average molecular weight is 593 g/mol. The lowest BCUT2D eigenvalue weighted by Gasteiger charge is -2.36. The second-order valence-electron chi connectivity index (χ2n) is 10.2. The molecule has 2 aromatic rings. The molecule has 182 valence electrons. The van der Waals surface area contributed by atoms with Crippen molar-refractivity contribution < 1.29 is 19.5 Å². The number of piperidine rings is 1. The predicted molar refractivity (Wildman–Crippen MR) is 137 cm³/mol. The molecule has 0 spiro atoms. The molecular formula is C27H33Br2N2O3+. The highest BCUT2D eigenvalue weighted by Gasteiger charge is 2.41. The molecule has 3 heterocycles. The fourth-order valence-electron chi connectivity index (χ4n) is 6.21. The quantitative estimate of drug-likeness (QED) is 0.387. The maximum Gasteiger partial charge on any atom is 0.245 e. The number of aryl methyl sites for hydroxylation is 3. The van der Waals surface area contributed by atoms with Gasteiger partial charge in [0.2, 0.25) is 17.8 Å². The zero-order chi connectivity index (χ0) is 23.8. The van der Waals surface area contributed by atoms with Crippen molar-refractivity contribution in [3.63, 3.8) is 0 Å². The van der Waals surface area contributed by atoms with Crippen LogP contribution in [-0.2, 0) is 22.4 Å². The number of carbonyl (C=O) groups is 1. The Labute approximate surface area is 218 Å². The van der Waals surface area contributed by atoms with E-state index in [4.69, 9.17) is 4.74 Å². The van der Waals surface area contributed by atoms with E-state index in [1.807, 2.05) is 0 Å². The predicted octanol–water partition coefficient (Wildman–Crippen LogP) is 5.33. The van der Waals surface area contributed by atoms with Gasteiger partial charge in [0.15, 0.2) is 0 Å². The maximum absolute atomic E-state index is 13.0. The van der Waals surface area contributed by atoms with Gasteiger partial charge in [-0.3, -0.25) is 10.0 Å². The molecular weight excluding hydrogens is 560 g/mol. The second kappa shape index (κ2) is 10.3. The summed E-state index contributed by atoms with van der Waals surface area (Å²) < 4.78 is 8.81. The van der Waals surface area contributed by atoms with E-state index in [0.29, 0.717) is 24.2 Å². The van der Waals surface area contributed by atoms with Gasteiger partial charge in [-0.15, -0.1) is 0 Å². The number of likely N-dealkylation sites (tertiary alicyclic amines) is 1. The van der Waals surface area contributed by atoms with Gasteiger partial charge in [-0.05, 0) is 102 Å². The van der Waals surface area contributed by atoms with Crippen LogP contribution in [0.15, 0.2) is 33.3 Å². The highest BCUT2D eigenvalue weighted by molar-refractivity contribution is 9.10. The van der Waals surface area contributed by atoms with Crippen molar-refractivity contribution in [1.82, 2.24) is 4.90 Å². The van der Waals surface area contributed by atoms with Gasteiger partial charge in [-0.25, -0.2) is 0 Å². The number of carbonyl (C=O) groups excluding carboxylic acids is 1. The molecule has 34 heavy (non-hydrogen) atoms. The molecule has 5 nitrogen and oxygen atoms in total. The first-order valence-electron chi connectivity index (χ1n) is 12.5. The average Bonchev–Trinajstić information content (AvgIpc) is 2.97. The summed E-state index contributed by atoms with van der Waals surface area (Å²) in [4.78, 5) is 15.1. The van der Waals surface area contributed by atoms with E-state index >= 15 is 0 Å². The third kappa shape index (κ3) is 4.93. The van der Waals surface area contributed by atoms with E-state index in [0.717, 1.165) is 79.5 Å². The van der Waals surface area contributed by atoms with Crippen LogP contribution in [0, 0.1) is 18.8 Å². The Kier molecular flexibility index (Phi) is 7.33. The van der Waals surface area contributed by atoms with E-state index in [9.17, 15) is 10.0 Å². The fraction of sp³-hybridized carbons (Fsp3) is 0.556. The number of hydrogen-bond acceptors (Lipinski definition) is 3. The number of pyridine rings is 1. The molecule has 1 N–H and O–H groups in total. The van der Waals surface area contributed by atoms with Crippen molar-refractivity contribution in [3.05, 3.63) is 61.3 Å². The first-order valence-corrected chi connectivity index (χ1v) is 14.1. The molecule has 2 aliphatic heterocycles. The lowest BCUT2D eigenvalue weighted by molar-refractivity contribution is -0.911. The molecule has 2 saturated heterocycles. The summed E-state index contributed by atoms with van der Waals surface area (Å²) in [5, 5.41) is 11.1. The summed E-state index contributed by atoms with van der Waals surface area (Å²) >= 11 is 7.45. The van der Waals surface area contributed by atoms with Crippen molar-refractivity contribution in [2.45, 2.75) is 57.8 Å². The van der Waals surface area contributed by atoms with Gasteiger partial charge >= 0.3 is 0 Å². The van der Waals surface area contributed by atoms with Crippen LogP contribution in [0.25, 0.3) is 0 Å². The zero-order valence-electron chi connectivity index (χ0n) is 19.7. The minimum atomic E-state index is 0.0910. The highest BCUT2D eigenvalue weighted by atomic mass is 79.9. The number of ether oxygens (including phenoxy) is 1. The van der Waals surface area contributed by atoms with Crippen molar-refractivity contribution in [1.29, 1.82) is 0 Å². The first kappa shape index (κ1) is 24.3. The Hall–Kier alpha value is -1.44. The van der Waals surface area contributed by atoms with Gasteiger partial charge in [0.25, 0.3) is 0 Å². The number of benzene rings is 1. The van der Waals surface area contributed by atoms with Gasteiger partial charge in [-0.2, -0.15) is 0 Å². The van der Waals surface area contributed by atoms with E-state index in [-0.39, 0.29) is 5.92 Å². The van der Waals surface area contributed by atoms with Crippen LogP contribution in [-0.4, -0.2) is 42.3 Å². The Balaban J connectivity index is 1.42. The highest BCUT2D eigenvalue weighted by Crippen LogP contribution is 2.45. The largest absolute Gasteiger partial charge is 0.381 e. The standard InChI is InChI=1S/C27H33Br2N2O3/c1-17-12-20-2-3-21-15-22(28)16-31(33)27(21)26(25(20)23(29)13-17)19-4-8-30(9-5-19)24(32)14-18-6-10-34-11-7-18/h12-13,15-16,18-19,26,33H,2-11,14H2,1H3/q+1/t26-/m1/s1. The number of fused-ring (bicyclic) bond motifs is 2. The Bertz CT molecular complexity index is 1020. The molecule has 0 saturated carbocycles. The lowest BCUT2D eigenvalue weighted by atomic mass is 9.76. The monoisotopic (exact) mass is 591 g/mol. The summed E-state index contributed by atoms with van der Waals surface area (Å²) in [5.41, 5.74) is 6.12. The molecule has 7 heteroatoms. The normalized spacial score (nSPS) is 21.6. The van der Waals surface area contributed by atoms with Crippen molar-refractivity contribution >= 4 is 37.8 Å². The molecule has 0 unspecified atom stereocenters. The molecule has 2 fully saturated rings. The minimum Gasteiger partial charge on any atom is -0.381 e. The van der Waals surface area contributed by atoms with Crippen molar-refractivity contribution in [2.75, 3.05) is 26.3 Å². The second-order valence-corrected chi connectivity index (χ2v) is 12.0. The molecule has 1 aliphatic carbocycles. The van der Waals surface area contributed by atoms with Crippen molar-refractivity contribution in [3.8, 4) is 0 Å². The third-order valence-electron chi connectivity index (χ3n) is 7.93. The zero-order valence-corrected chi connectivity index (χ0v) is 22.9. The van der Waals surface area contributed by atoms with Crippen LogP contribution in [0.1, 0.15) is 66.0 Å². The Morgan fingerprint density at radius 3 is 2.53 bits per heavy atom. The number of amides is 1. The Morgan fingerprint density at radius 2 is 1.79 bits per heavy atom. The van der Waals surface area contributed by atoms with Crippen LogP contribution >= 0.6 is 31.9 Å². The fourth-order valence-corrected chi connectivity index (χ4v) is 7.54. The summed E-state index contributed by atoms with van der Waals surface area (Å²) in [6, 6.07) is 6.67. The Morgan fingerprint density at radius 1 is 1.09 bits per heavy atom. The molecule has 1 amide bonds. The van der Waals surface area contributed by atoms with Crippen LogP contribution < -0.4 is 4.73 Å². The number of nitrogens with zero attached hydrogens (tertiary/aromatic N) is 2. The van der Waals surface area contributed by atoms with E-state index in [1.165, 1.54) is 27.0 Å². The summed E-state index contributed by atoms with van der Waals surface area (Å²) in [7, 11) is 0. The SMILES string of the molecule is Cc1cc(Br)c2c(c1)CCc1cc(Br)c[n+](O)c1[C@@H]2C1CCN(C(=O)CC2CCOCC2)CC1. The van der Waals surface area contributed by atoms with Gasteiger partial charge in [-0.1, -0.05) is 22.0 Å². The third-order valence-corrected chi connectivity index (χ3v) is 9.02. The molecule has 1 atom stereocenters. The number of rotatable bonds is 3. The van der Waals surface area contributed by atoms with Crippen LogP contribution in [0.5, 0.6) is 0 Å². The van der Waals surface area contributed by atoms with Gasteiger partial charge < -0.3 is 9.64 Å². The minimum absolute atomic E-state index is 0.0910. The maximum atomic E-state index is 13.0. The lowest BCUT2D eigenvalue weighted by Crippen LogP contribution is -2.44. The molecule has 1 aromatic heterocycles. The molecule has 5 rings (SSSR count). The summed E-state index contributed by atoms with van der Waals surface area (Å²) in [5.74, 6) is 1.21. The molecule has 0 radical (unpaired) electrons. The topological polar surface area (TPSA) is 53.7 Å². The van der Waals surface area contributed by atoms with Gasteiger partial charge in [0.1, 0.15) is 0 Å². The first-order chi connectivity index (χ1) is 16.4. The number of hydrogen-bond donors (Lipinski definition) is 1. The van der Waals surface area contributed by atoms with Gasteiger partial charge in [0, 0.05) is 47.5 Å².